The predicted molar refractivity (Wildman–Crippen MR) is 73.9 cm³/mol. The Balaban J connectivity index is 2.21. The highest BCUT2D eigenvalue weighted by Crippen LogP contribution is 2.41. The first-order chi connectivity index (χ1) is 8.01. The van der Waals surface area contributed by atoms with E-state index in [0.29, 0.717) is 12.0 Å². The molecule has 1 aliphatic rings. The lowest BCUT2D eigenvalue weighted by Gasteiger charge is -2.43. The molecule has 1 aromatic rings. The summed E-state index contributed by atoms with van der Waals surface area (Å²) in [5.41, 5.74) is 8.01. The summed E-state index contributed by atoms with van der Waals surface area (Å²) in [7, 11) is 0. The molecule has 1 heteroatoms. The highest BCUT2D eigenvalue weighted by Gasteiger charge is 2.38. The summed E-state index contributed by atoms with van der Waals surface area (Å²) in [4.78, 5) is 0. The first-order valence-corrected chi connectivity index (χ1v) is 6.83. The molecular weight excluding hydrogens is 206 g/mol. The average Bonchev–Trinajstić information content (AvgIpc) is 2.29. The van der Waals surface area contributed by atoms with Gasteiger partial charge in [0.05, 0.1) is 0 Å². The zero-order chi connectivity index (χ0) is 12.5. The van der Waals surface area contributed by atoms with Crippen molar-refractivity contribution in [1.82, 2.24) is 0 Å². The van der Waals surface area contributed by atoms with E-state index in [1.807, 2.05) is 0 Å². The summed E-state index contributed by atoms with van der Waals surface area (Å²) in [6, 6.07) is 11.2. The lowest BCUT2D eigenvalue weighted by atomic mass is 9.64. The molecule has 2 N–H and O–H groups in total. The van der Waals surface area contributed by atoms with Gasteiger partial charge in [0.2, 0.25) is 0 Å². The largest absolute Gasteiger partial charge is 0.327 e. The van der Waals surface area contributed by atoms with Crippen LogP contribution in [0.15, 0.2) is 30.3 Å². The lowest BCUT2D eigenvalue weighted by Crippen LogP contribution is -2.45. The second-order valence-electron chi connectivity index (χ2n) is 6.28. The van der Waals surface area contributed by atoms with Gasteiger partial charge >= 0.3 is 0 Å². The normalized spacial score (nSPS) is 30.2. The maximum absolute atomic E-state index is 6.39. The van der Waals surface area contributed by atoms with Gasteiger partial charge in [-0.3, -0.25) is 0 Å². The SMILES string of the molecule is CC1CCC(C(C)(C)c2ccccc2)C(N)C1. The van der Waals surface area contributed by atoms with Crippen LogP contribution in [0.4, 0.5) is 0 Å². The Bertz CT molecular complexity index is 355. The van der Waals surface area contributed by atoms with Crippen LogP contribution in [0.1, 0.15) is 45.6 Å². The van der Waals surface area contributed by atoms with E-state index < -0.39 is 0 Å². The molecule has 0 spiro atoms. The fraction of sp³-hybridized carbons (Fsp3) is 0.625. The Kier molecular flexibility index (Phi) is 3.58. The third-order valence-electron chi connectivity index (χ3n) is 4.61. The summed E-state index contributed by atoms with van der Waals surface area (Å²) in [6.07, 6.45) is 3.78. The van der Waals surface area contributed by atoms with Gasteiger partial charge in [0.1, 0.15) is 0 Å². The van der Waals surface area contributed by atoms with Crippen molar-refractivity contribution in [3.05, 3.63) is 35.9 Å². The van der Waals surface area contributed by atoms with Gasteiger partial charge in [0, 0.05) is 6.04 Å². The van der Waals surface area contributed by atoms with Crippen LogP contribution in [0.5, 0.6) is 0 Å². The van der Waals surface area contributed by atoms with Gasteiger partial charge in [-0.25, -0.2) is 0 Å². The second-order valence-corrected chi connectivity index (χ2v) is 6.28. The number of benzene rings is 1. The van der Waals surface area contributed by atoms with E-state index in [9.17, 15) is 0 Å². The van der Waals surface area contributed by atoms with Crippen LogP contribution in [0.2, 0.25) is 0 Å². The van der Waals surface area contributed by atoms with E-state index in [2.05, 4.69) is 51.1 Å². The Hall–Kier alpha value is -0.820. The zero-order valence-electron chi connectivity index (χ0n) is 11.3. The fourth-order valence-corrected chi connectivity index (χ4v) is 3.40. The van der Waals surface area contributed by atoms with E-state index in [-0.39, 0.29) is 5.41 Å². The highest BCUT2D eigenvalue weighted by molar-refractivity contribution is 5.25. The maximum atomic E-state index is 6.39. The molecule has 0 saturated heterocycles. The molecule has 2 rings (SSSR count). The third kappa shape index (κ3) is 2.55. The van der Waals surface area contributed by atoms with Gasteiger partial charge in [-0.15, -0.1) is 0 Å². The molecule has 0 radical (unpaired) electrons. The maximum Gasteiger partial charge on any atom is 0.00780 e. The molecular formula is C16H25N. The van der Waals surface area contributed by atoms with Gasteiger partial charge in [0.15, 0.2) is 0 Å². The molecule has 1 nitrogen and oxygen atoms in total. The minimum absolute atomic E-state index is 0.195. The fourth-order valence-electron chi connectivity index (χ4n) is 3.40. The van der Waals surface area contributed by atoms with Crippen LogP contribution in [0.25, 0.3) is 0 Å². The van der Waals surface area contributed by atoms with Crippen LogP contribution in [-0.4, -0.2) is 6.04 Å². The van der Waals surface area contributed by atoms with E-state index in [1.54, 1.807) is 0 Å². The van der Waals surface area contributed by atoms with Crippen molar-refractivity contribution >= 4 is 0 Å². The molecule has 0 heterocycles. The number of rotatable bonds is 2. The smallest absolute Gasteiger partial charge is 0.00780 e. The van der Waals surface area contributed by atoms with Crippen molar-refractivity contribution in [1.29, 1.82) is 0 Å². The van der Waals surface area contributed by atoms with Crippen LogP contribution in [-0.2, 0) is 5.41 Å². The molecule has 0 aromatic heterocycles. The van der Waals surface area contributed by atoms with E-state index in [0.717, 1.165) is 5.92 Å². The summed E-state index contributed by atoms with van der Waals surface area (Å²) in [5.74, 6) is 1.41. The molecule has 1 aromatic carbocycles. The first-order valence-electron chi connectivity index (χ1n) is 6.83. The molecule has 0 amide bonds. The summed E-state index contributed by atoms with van der Waals surface area (Å²) >= 11 is 0. The summed E-state index contributed by atoms with van der Waals surface area (Å²) < 4.78 is 0. The average molecular weight is 231 g/mol. The summed E-state index contributed by atoms with van der Waals surface area (Å²) in [6.45, 7) is 7.03. The number of hydrogen-bond acceptors (Lipinski definition) is 1. The Labute approximate surface area is 105 Å². The van der Waals surface area contributed by atoms with Crippen molar-refractivity contribution < 1.29 is 0 Å². The van der Waals surface area contributed by atoms with Gasteiger partial charge in [-0.05, 0) is 35.7 Å². The molecule has 3 atom stereocenters. The molecule has 1 aliphatic carbocycles. The van der Waals surface area contributed by atoms with Gasteiger partial charge in [0.25, 0.3) is 0 Å². The first kappa shape index (κ1) is 12.6. The Morgan fingerprint density at radius 2 is 1.76 bits per heavy atom. The molecule has 3 unspecified atom stereocenters. The topological polar surface area (TPSA) is 26.0 Å². The molecule has 0 aliphatic heterocycles. The lowest BCUT2D eigenvalue weighted by molar-refractivity contribution is 0.171. The standard InChI is InChI=1S/C16H25N/c1-12-9-10-14(15(17)11-12)16(2,3)13-7-5-4-6-8-13/h4-8,12,14-15H,9-11,17H2,1-3H3. The molecule has 17 heavy (non-hydrogen) atoms. The minimum atomic E-state index is 0.195. The second kappa shape index (κ2) is 4.81. The zero-order valence-corrected chi connectivity index (χ0v) is 11.3. The number of nitrogens with two attached hydrogens (primary N) is 1. The van der Waals surface area contributed by atoms with Crippen molar-refractivity contribution in [2.45, 2.75) is 51.5 Å². The minimum Gasteiger partial charge on any atom is -0.327 e. The molecule has 0 bridgehead atoms. The summed E-state index contributed by atoms with van der Waals surface area (Å²) in [5, 5.41) is 0. The highest BCUT2D eigenvalue weighted by atomic mass is 14.7. The molecule has 1 fully saturated rings. The Morgan fingerprint density at radius 3 is 2.35 bits per heavy atom. The van der Waals surface area contributed by atoms with Crippen molar-refractivity contribution in [2.24, 2.45) is 17.6 Å². The van der Waals surface area contributed by atoms with Gasteiger partial charge < -0.3 is 5.73 Å². The van der Waals surface area contributed by atoms with E-state index >= 15 is 0 Å². The van der Waals surface area contributed by atoms with Gasteiger partial charge in [-0.2, -0.15) is 0 Å². The third-order valence-corrected chi connectivity index (χ3v) is 4.61. The quantitative estimate of drug-likeness (QED) is 0.824. The molecule has 1 saturated carbocycles. The predicted octanol–water partition coefficient (Wildman–Crippen LogP) is 3.73. The Morgan fingerprint density at radius 1 is 1.12 bits per heavy atom. The van der Waals surface area contributed by atoms with Crippen LogP contribution >= 0.6 is 0 Å². The van der Waals surface area contributed by atoms with Crippen LogP contribution in [0, 0.1) is 11.8 Å². The monoisotopic (exact) mass is 231 g/mol. The van der Waals surface area contributed by atoms with Crippen molar-refractivity contribution in [2.75, 3.05) is 0 Å². The van der Waals surface area contributed by atoms with E-state index in [4.69, 9.17) is 5.73 Å². The van der Waals surface area contributed by atoms with Crippen molar-refractivity contribution in [3.8, 4) is 0 Å². The van der Waals surface area contributed by atoms with Gasteiger partial charge in [-0.1, -0.05) is 57.5 Å². The van der Waals surface area contributed by atoms with Crippen molar-refractivity contribution in [3.63, 3.8) is 0 Å². The molecule has 94 valence electrons. The number of hydrogen-bond donors (Lipinski definition) is 1. The van der Waals surface area contributed by atoms with E-state index in [1.165, 1.54) is 24.8 Å². The van der Waals surface area contributed by atoms with Crippen LogP contribution in [0.3, 0.4) is 0 Å². The van der Waals surface area contributed by atoms with Crippen LogP contribution < -0.4 is 5.73 Å².